The molecule has 0 atom stereocenters. The fourth-order valence-corrected chi connectivity index (χ4v) is 3.35. The van der Waals surface area contributed by atoms with E-state index in [4.69, 9.17) is 4.74 Å². The molecule has 29 heavy (non-hydrogen) atoms. The highest BCUT2D eigenvalue weighted by atomic mass is 79.9. The fourth-order valence-electron chi connectivity index (χ4n) is 2.88. The monoisotopic (exact) mass is 456 g/mol. The molecular formula is C21H21BrN4O3. The molecule has 0 bridgehead atoms. The molecule has 0 saturated heterocycles. The van der Waals surface area contributed by atoms with E-state index in [-0.39, 0.29) is 18.4 Å². The van der Waals surface area contributed by atoms with Gasteiger partial charge in [-0.3, -0.25) is 14.7 Å². The van der Waals surface area contributed by atoms with Crippen molar-refractivity contribution in [1.29, 1.82) is 0 Å². The van der Waals surface area contributed by atoms with Gasteiger partial charge in [-0.05, 0) is 55.0 Å². The van der Waals surface area contributed by atoms with E-state index in [1.165, 1.54) is 11.1 Å². The van der Waals surface area contributed by atoms with Crippen LogP contribution in [0.15, 0.2) is 53.1 Å². The second kappa shape index (κ2) is 8.91. The van der Waals surface area contributed by atoms with Crippen LogP contribution < -0.4 is 10.1 Å². The number of anilines is 1. The molecule has 0 unspecified atom stereocenters. The van der Waals surface area contributed by atoms with E-state index in [9.17, 15) is 9.59 Å². The topological polar surface area (TPSA) is 87.3 Å². The largest absolute Gasteiger partial charge is 0.497 e. The fraction of sp³-hybridized carbons (Fsp3) is 0.190. The van der Waals surface area contributed by atoms with E-state index < -0.39 is 0 Å². The molecule has 3 rings (SSSR count). The minimum Gasteiger partial charge on any atom is -0.497 e. The molecule has 2 amide bonds. The Morgan fingerprint density at radius 2 is 1.93 bits per heavy atom. The summed E-state index contributed by atoms with van der Waals surface area (Å²) in [5.74, 6) is 0.145. The number of carbonyl (C=O) groups excluding carboxylic acids is 2. The van der Waals surface area contributed by atoms with Gasteiger partial charge in [-0.25, -0.2) is 0 Å². The maximum atomic E-state index is 12.9. The number of likely N-dealkylation sites (N-methyl/N-ethyl adjacent to an activating group) is 1. The van der Waals surface area contributed by atoms with Crippen molar-refractivity contribution in [2.75, 3.05) is 26.0 Å². The van der Waals surface area contributed by atoms with Crippen LogP contribution in [0.25, 0.3) is 11.3 Å². The molecule has 1 heterocycles. The highest BCUT2D eigenvalue weighted by molar-refractivity contribution is 9.10. The molecule has 0 aliphatic carbocycles. The quantitative estimate of drug-likeness (QED) is 0.589. The average Bonchev–Trinajstić information content (AvgIpc) is 3.19. The summed E-state index contributed by atoms with van der Waals surface area (Å²) in [5.41, 5.74) is 3.42. The summed E-state index contributed by atoms with van der Waals surface area (Å²) in [6.07, 6.45) is 1.47. The Kier molecular flexibility index (Phi) is 6.33. The summed E-state index contributed by atoms with van der Waals surface area (Å²) in [5, 5.41) is 9.70. The number of methoxy groups -OCH3 is 1. The predicted molar refractivity (Wildman–Crippen MR) is 115 cm³/mol. The van der Waals surface area contributed by atoms with Gasteiger partial charge in [-0.15, -0.1) is 0 Å². The van der Waals surface area contributed by atoms with E-state index in [0.717, 1.165) is 21.3 Å². The number of aromatic nitrogens is 2. The number of aryl methyl sites for hydroxylation is 1. The SMILES string of the molecule is COc1ccc(-c2[nH]ncc2C(=O)N(C)CC(=O)Nc2ccc(Br)cc2C)cc1. The molecule has 8 heteroatoms. The van der Waals surface area contributed by atoms with Crippen LogP contribution in [0.2, 0.25) is 0 Å². The third kappa shape index (κ3) is 4.83. The van der Waals surface area contributed by atoms with Crippen LogP contribution in [-0.4, -0.2) is 47.6 Å². The van der Waals surface area contributed by atoms with Gasteiger partial charge in [0, 0.05) is 22.8 Å². The lowest BCUT2D eigenvalue weighted by Gasteiger charge is -2.17. The van der Waals surface area contributed by atoms with Gasteiger partial charge >= 0.3 is 0 Å². The van der Waals surface area contributed by atoms with E-state index in [0.29, 0.717) is 16.9 Å². The van der Waals surface area contributed by atoms with Crippen LogP contribution in [-0.2, 0) is 4.79 Å². The van der Waals surface area contributed by atoms with E-state index in [1.807, 2.05) is 49.4 Å². The van der Waals surface area contributed by atoms with Crippen LogP contribution in [0.5, 0.6) is 5.75 Å². The number of H-pyrrole nitrogens is 1. The second-order valence-corrected chi connectivity index (χ2v) is 7.47. The smallest absolute Gasteiger partial charge is 0.257 e. The van der Waals surface area contributed by atoms with Crippen molar-refractivity contribution < 1.29 is 14.3 Å². The molecule has 0 aliphatic heterocycles. The van der Waals surface area contributed by atoms with Crippen molar-refractivity contribution in [3.05, 3.63) is 64.3 Å². The Morgan fingerprint density at radius 1 is 1.21 bits per heavy atom. The molecule has 1 aromatic heterocycles. The summed E-state index contributed by atoms with van der Waals surface area (Å²) >= 11 is 3.40. The number of aromatic amines is 1. The Labute approximate surface area is 177 Å². The number of hydrogen-bond donors (Lipinski definition) is 2. The van der Waals surface area contributed by atoms with Crippen molar-refractivity contribution in [3.63, 3.8) is 0 Å². The van der Waals surface area contributed by atoms with Crippen LogP contribution in [0.4, 0.5) is 5.69 Å². The first-order chi connectivity index (χ1) is 13.9. The van der Waals surface area contributed by atoms with E-state index in [1.54, 1.807) is 14.2 Å². The molecule has 0 saturated carbocycles. The van der Waals surface area contributed by atoms with Gasteiger partial charge in [0.05, 0.1) is 31.1 Å². The summed E-state index contributed by atoms with van der Waals surface area (Å²) in [6, 6.07) is 12.9. The zero-order valence-corrected chi connectivity index (χ0v) is 17.9. The first-order valence-electron chi connectivity index (χ1n) is 8.88. The molecule has 0 fully saturated rings. The Hall–Kier alpha value is -3.13. The minimum absolute atomic E-state index is 0.0818. The lowest BCUT2D eigenvalue weighted by Crippen LogP contribution is -2.35. The van der Waals surface area contributed by atoms with Gasteiger partial charge in [-0.1, -0.05) is 15.9 Å². The number of nitrogens with one attached hydrogen (secondary N) is 2. The molecule has 2 N–H and O–H groups in total. The number of carbonyl (C=O) groups is 2. The first kappa shape index (κ1) is 20.6. The number of halogens is 1. The van der Waals surface area contributed by atoms with Crippen LogP contribution in [0.3, 0.4) is 0 Å². The van der Waals surface area contributed by atoms with Gasteiger partial charge < -0.3 is 15.0 Å². The third-order valence-electron chi connectivity index (χ3n) is 4.44. The molecular weight excluding hydrogens is 436 g/mol. The number of benzene rings is 2. The average molecular weight is 457 g/mol. The van der Waals surface area contributed by atoms with Crippen molar-refractivity contribution in [1.82, 2.24) is 15.1 Å². The normalized spacial score (nSPS) is 10.5. The molecule has 3 aromatic rings. The van der Waals surface area contributed by atoms with Gasteiger partial charge in [0.25, 0.3) is 5.91 Å². The Balaban J connectivity index is 1.70. The van der Waals surface area contributed by atoms with Crippen LogP contribution >= 0.6 is 15.9 Å². The first-order valence-corrected chi connectivity index (χ1v) is 9.67. The molecule has 150 valence electrons. The highest BCUT2D eigenvalue weighted by Crippen LogP contribution is 2.24. The predicted octanol–water partition coefficient (Wildman–Crippen LogP) is 3.87. The Morgan fingerprint density at radius 3 is 2.59 bits per heavy atom. The zero-order valence-electron chi connectivity index (χ0n) is 16.3. The maximum Gasteiger partial charge on any atom is 0.257 e. The molecule has 7 nitrogen and oxygen atoms in total. The minimum atomic E-state index is -0.299. The standard InChI is InChI=1S/C21H21BrN4O3/c1-13-10-15(22)6-9-18(13)24-19(27)12-26(2)21(28)17-11-23-25-20(17)14-4-7-16(29-3)8-5-14/h4-11H,12H2,1-3H3,(H,23,25)(H,24,27). The van der Waals surface area contributed by atoms with Crippen LogP contribution in [0.1, 0.15) is 15.9 Å². The van der Waals surface area contributed by atoms with E-state index >= 15 is 0 Å². The van der Waals surface area contributed by atoms with Crippen molar-refractivity contribution in [3.8, 4) is 17.0 Å². The van der Waals surface area contributed by atoms with Gasteiger partial charge in [0.15, 0.2) is 0 Å². The zero-order chi connectivity index (χ0) is 21.0. The lowest BCUT2D eigenvalue weighted by molar-refractivity contribution is -0.116. The summed E-state index contributed by atoms with van der Waals surface area (Å²) in [4.78, 5) is 26.6. The summed E-state index contributed by atoms with van der Waals surface area (Å²) in [6.45, 7) is 1.82. The van der Waals surface area contributed by atoms with Gasteiger partial charge in [0.1, 0.15) is 5.75 Å². The third-order valence-corrected chi connectivity index (χ3v) is 4.93. The lowest BCUT2D eigenvalue weighted by atomic mass is 10.1. The van der Waals surface area contributed by atoms with Crippen molar-refractivity contribution in [2.24, 2.45) is 0 Å². The molecule has 0 radical (unpaired) electrons. The highest BCUT2D eigenvalue weighted by Gasteiger charge is 2.21. The molecule has 2 aromatic carbocycles. The van der Waals surface area contributed by atoms with Crippen molar-refractivity contribution >= 4 is 33.4 Å². The van der Waals surface area contributed by atoms with Crippen molar-refractivity contribution in [2.45, 2.75) is 6.92 Å². The van der Waals surface area contributed by atoms with E-state index in [2.05, 4.69) is 31.4 Å². The molecule has 0 aliphatic rings. The second-order valence-electron chi connectivity index (χ2n) is 6.56. The van der Waals surface area contributed by atoms with Gasteiger partial charge in [0.2, 0.25) is 5.91 Å². The van der Waals surface area contributed by atoms with Crippen LogP contribution in [0, 0.1) is 6.92 Å². The molecule has 0 spiro atoms. The number of rotatable bonds is 6. The maximum absolute atomic E-state index is 12.9. The van der Waals surface area contributed by atoms with Gasteiger partial charge in [-0.2, -0.15) is 5.10 Å². The summed E-state index contributed by atoms with van der Waals surface area (Å²) < 4.78 is 6.10. The Bertz CT molecular complexity index is 1030. The summed E-state index contributed by atoms with van der Waals surface area (Å²) in [7, 11) is 3.18. The number of amides is 2. The number of ether oxygens (including phenoxy) is 1. The number of nitrogens with zero attached hydrogens (tertiary/aromatic N) is 2. The number of hydrogen-bond acceptors (Lipinski definition) is 4.